The molecule has 0 aliphatic rings. The SMILES string of the molecule is CCCCCCCCCCCC(CCCCCCCCCC)(CC(C)CCCCCCCCCC)c1ccc(O)c(O)c1. The van der Waals surface area contributed by atoms with Crippen molar-refractivity contribution < 1.29 is 10.2 Å². The Morgan fingerprint density at radius 3 is 1.26 bits per heavy atom. The van der Waals surface area contributed by atoms with Gasteiger partial charge in [-0.1, -0.05) is 201 Å². The largest absolute Gasteiger partial charge is 0.504 e. The fraction of sp³-hybridized carbons (Fsp3) is 0.854. The molecule has 0 bridgehead atoms. The summed E-state index contributed by atoms with van der Waals surface area (Å²) in [7, 11) is 0. The van der Waals surface area contributed by atoms with E-state index in [1.165, 1.54) is 192 Å². The third-order valence-electron chi connectivity index (χ3n) is 10.1. The van der Waals surface area contributed by atoms with Gasteiger partial charge in [-0.3, -0.25) is 0 Å². The van der Waals surface area contributed by atoms with Gasteiger partial charge in [-0.25, -0.2) is 0 Å². The van der Waals surface area contributed by atoms with Crippen molar-refractivity contribution in [3.05, 3.63) is 23.8 Å². The van der Waals surface area contributed by atoms with Gasteiger partial charge in [-0.15, -0.1) is 0 Å². The number of rotatable bonds is 31. The van der Waals surface area contributed by atoms with E-state index < -0.39 is 0 Å². The van der Waals surface area contributed by atoms with E-state index in [0.29, 0.717) is 5.92 Å². The van der Waals surface area contributed by atoms with Crippen LogP contribution in [0.2, 0.25) is 0 Å². The minimum Gasteiger partial charge on any atom is -0.504 e. The molecule has 2 nitrogen and oxygen atoms in total. The molecule has 1 aromatic rings. The second-order valence-electron chi connectivity index (χ2n) is 14.4. The van der Waals surface area contributed by atoms with E-state index in [1.807, 2.05) is 6.07 Å². The normalized spacial score (nSPS) is 13.8. The van der Waals surface area contributed by atoms with E-state index >= 15 is 0 Å². The van der Waals surface area contributed by atoms with E-state index in [2.05, 4.69) is 33.8 Å². The quantitative estimate of drug-likeness (QED) is 0.0657. The molecule has 0 fully saturated rings. The lowest BCUT2D eigenvalue weighted by atomic mass is 9.67. The molecule has 0 radical (unpaired) electrons. The van der Waals surface area contributed by atoms with Gasteiger partial charge in [0.2, 0.25) is 0 Å². The fourth-order valence-corrected chi connectivity index (χ4v) is 7.36. The standard InChI is InChI=1S/C41H76O2/c1-5-8-11-14-17-20-23-26-29-34-41(38-31-32-39(42)40(43)35-38,33-28-25-22-19-16-13-10-7-3)36-37(4)30-27-24-21-18-15-12-9-6-2/h31-32,35,37,42-43H,5-30,33-34,36H2,1-4H3. The lowest BCUT2D eigenvalue weighted by Gasteiger charge is -2.38. The van der Waals surface area contributed by atoms with Crippen molar-refractivity contribution in [1.29, 1.82) is 0 Å². The smallest absolute Gasteiger partial charge is 0.157 e. The lowest BCUT2D eigenvalue weighted by molar-refractivity contribution is 0.256. The van der Waals surface area contributed by atoms with E-state index in [4.69, 9.17) is 0 Å². The molecule has 0 amide bonds. The molecular weight excluding hydrogens is 524 g/mol. The molecule has 0 aliphatic carbocycles. The van der Waals surface area contributed by atoms with E-state index in [9.17, 15) is 10.2 Å². The van der Waals surface area contributed by atoms with E-state index in [0.717, 1.165) is 0 Å². The molecule has 0 spiro atoms. The van der Waals surface area contributed by atoms with E-state index in [1.54, 1.807) is 6.07 Å². The average molecular weight is 601 g/mol. The Kier molecular flexibility index (Phi) is 25.2. The summed E-state index contributed by atoms with van der Waals surface area (Å²) in [4.78, 5) is 0. The molecule has 1 rings (SSSR count). The molecule has 0 aromatic heterocycles. The highest BCUT2D eigenvalue weighted by Crippen LogP contribution is 2.44. The second kappa shape index (κ2) is 27.2. The predicted molar refractivity (Wildman–Crippen MR) is 192 cm³/mol. The summed E-state index contributed by atoms with van der Waals surface area (Å²) in [6, 6.07) is 5.79. The van der Waals surface area contributed by atoms with Crippen LogP contribution in [0.1, 0.15) is 219 Å². The topological polar surface area (TPSA) is 40.5 Å². The Labute approximate surface area is 270 Å². The van der Waals surface area contributed by atoms with Crippen molar-refractivity contribution in [2.24, 2.45) is 5.92 Å². The molecule has 252 valence electrons. The van der Waals surface area contributed by atoms with Crippen LogP contribution in [0.25, 0.3) is 0 Å². The zero-order valence-corrected chi connectivity index (χ0v) is 29.7. The number of aromatic hydroxyl groups is 2. The Morgan fingerprint density at radius 1 is 0.488 bits per heavy atom. The number of hydrogen-bond donors (Lipinski definition) is 2. The van der Waals surface area contributed by atoms with Gasteiger partial charge in [0, 0.05) is 0 Å². The van der Waals surface area contributed by atoms with Crippen molar-refractivity contribution in [2.45, 2.75) is 219 Å². The van der Waals surface area contributed by atoms with Crippen LogP contribution in [-0.2, 0) is 5.41 Å². The Hall–Kier alpha value is -1.18. The van der Waals surface area contributed by atoms with Gasteiger partial charge in [0.15, 0.2) is 11.5 Å². The molecule has 0 heterocycles. The van der Waals surface area contributed by atoms with Crippen molar-refractivity contribution in [2.75, 3.05) is 0 Å². The molecule has 43 heavy (non-hydrogen) atoms. The van der Waals surface area contributed by atoms with Crippen LogP contribution in [0.4, 0.5) is 0 Å². The highest BCUT2D eigenvalue weighted by molar-refractivity contribution is 5.43. The number of phenolic OH excluding ortho intramolecular Hbond substituents is 2. The minimum absolute atomic E-state index is 0.0137. The Bertz CT molecular complexity index is 743. The van der Waals surface area contributed by atoms with Crippen LogP contribution in [0.3, 0.4) is 0 Å². The molecule has 2 heteroatoms. The number of benzene rings is 1. The second-order valence-corrected chi connectivity index (χ2v) is 14.4. The van der Waals surface area contributed by atoms with Crippen LogP contribution in [-0.4, -0.2) is 10.2 Å². The first-order chi connectivity index (χ1) is 21.0. The first kappa shape index (κ1) is 39.8. The van der Waals surface area contributed by atoms with Gasteiger partial charge in [0.1, 0.15) is 0 Å². The van der Waals surface area contributed by atoms with Crippen molar-refractivity contribution >= 4 is 0 Å². The molecular formula is C41H76O2. The van der Waals surface area contributed by atoms with E-state index in [-0.39, 0.29) is 16.9 Å². The van der Waals surface area contributed by atoms with Gasteiger partial charge in [-0.05, 0) is 48.3 Å². The number of phenols is 2. The zero-order valence-electron chi connectivity index (χ0n) is 29.7. The lowest BCUT2D eigenvalue weighted by Crippen LogP contribution is -2.29. The molecule has 0 saturated carbocycles. The van der Waals surface area contributed by atoms with Crippen LogP contribution in [0.5, 0.6) is 11.5 Å². The predicted octanol–water partition coefficient (Wildman–Crippen LogP) is 14.3. The summed E-state index contributed by atoms with van der Waals surface area (Å²) < 4.78 is 0. The number of unbranched alkanes of at least 4 members (excludes halogenated alkanes) is 22. The molecule has 2 N–H and O–H groups in total. The third-order valence-corrected chi connectivity index (χ3v) is 10.1. The van der Waals surface area contributed by atoms with Crippen LogP contribution in [0.15, 0.2) is 18.2 Å². The number of hydrogen-bond acceptors (Lipinski definition) is 2. The summed E-state index contributed by atoms with van der Waals surface area (Å²) >= 11 is 0. The van der Waals surface area contributed by atoms with Gasteiger partial charge in [0.25, 0.3) is 0 Å². The fourth-order valence-electron chi connectivity index (χ4n) is 7.36. The maximum atomic E-state index is 10.6. The summed E-state index contributed by atoms with van der Waals surface area (Å²) in [6.45, 7) is 9.37. The van der Waals surface area contributed by atoms with Crippen molar-refractivity contribution in [1.82, 2.24) is 0 Å². The van der Waals surface area contributed by atoms with Crippen molar-refractivity contribution in [3.8, 4) is 11.5 Å². The minimum atomic E-state index is 0.0137. The maximum absolute atomic E-state index is 10.6. The zero-order chi connectivity index (χ0) is 31.4. The summed E-state index contributed by atoms with van der Waals surface area (Å²) in [6.07, 6.45) is 39.1. The monoisotopic (exact) mass is 601 g/mol. The highest BCUT2D eigenvalue weighted by Gasteiger charge is 2.33. The summed E-state index contributed by atoms with van der Waals surface area (Å²) in [5, 5.41) is 20.7. The molecule has 2 atom stereocenters. The first-order valence-electron chi connectivity index (χ1n) is 19.5. The molecule has 1 aromatic carbocycles. The molecule has 0 aliphatic heterocycles. The Morgan fingerprint density at radius 2 is 0.860 bits per heavy atom. The Balaban J connectivity index is 2.82. The first-order valence-corrected chi connectivity index (χ1v) is 19.5. The summed E-state index contributed by atoms with van der Waals surface area (Å²) in [5.41, 5.74) is 1.38. The molecule has 0 saturated heterocycles. The van der Waals surface area contributed by atoms with Crippen LogP contribution < -0.4 is 0 Å². The van der Waals surface area contributed by atoms with Gasteiger partial charge in [-0.2, -0.15) is 0 Å². The van der Waals surface area contributed by atoms with Crippen LogP contribution in [0, 0.1) is 5.92 Å². The van der Waals surface area contributed by atoms with Gasteiger partial charge >= 0.3 is 0 Å². The van der Waals surface area contributed by atoms with Crippen LogP contribution >= 0.6 is 0 Å². The highest BCUT2D eigenvalue weighted by atomic mass is 16.3. The van der Waals surface area contributed by atoms with Gasteiger partial charge < -0.3 is 10.2 Å². The van der Waals surface area contributed by atoms with Gasteiger partial charge in [0.05, 0.1) is 0 Å². The molecule has 2 unspecified atom stereocenters. The average Bonchev–Trinajstić information content (AvgIpc) is 3.00. The third kappa shape index (κ3) is 19.7. The maximum Gasteiger partial charge on any atom is 0.157 e. The summed E-state index contributed by atoms with van der Waals surface area (Å²) in [5.74, 6) is 0.754. The van der Waals surface area contributed by atoms with Crippen molar-refractivity contribution in [3.63, 3.8) is 0 Å².